The van der Waals surface area contributed by atoms with Gasteiger partial charge in [-0.3, -0.25) is 4.79 Å². The van der Waals surface area contributed by atoms with Crippen LogP contribution in [0.2, 0.25) is 10.0 Å². The van der Waals surface area contributed by atoms with Crippen LogP contribution in [-0.2, 0) is 0 Å². The van der Waals surface area contributed by atoms with Crippen LogP contribution < -0.4 is 10.6 Å². The van der Waals surface area contributed by atoms with Crippen LogP contribution in [0.1, 0.15) is 23.2 Å². The molecule has 0 bridgehead atoms. The third-order valence-corrected chi connectivity index (χ3v) is 3.74. The molecule has 1 aliphatic heterocycles. The summed E-state index contributed by atoms with van der Waals surface area (Å²) in [6.45, 7) is 2.81. The van der Waals surface area contributed by atoms with Gasteiger partial charge in [0, 0.05) is 11.6 Å². The summed E-state index contributed by atoms with van der Waals surface area (Å²) in [6, 6.07) is 4.90. The van der Waals surface area contributed by atoms with Gasteiger partial charge in [0.25, 0.3) is 5.91 Å². The van der Waals surface area contributed by atoms with E-state index in [2.05, 4.69) is 10.6 Å². The van der Waals surface area contributed by atoms with Crippen molar-refractivity contribution in [2.24, 2.45) is 5.92 Å². The Labute approximate surface area is 117 Å². The molecule has 0 spiro atoms. The smallest absolute Gasteiger partial charge is 0.252 e. The minimum Gasteiger partial charge on any atom is -0.352 e. The molecule has 0 radical (unpaired) electrons. The first-order valence-corrected chi connectivity index (χ1v) is 6.86. The second kappa shape index (κ2) is 6.41. The van der Waals surface area contributed by atoms with Gasteiger partial charge in [-0.1, -0.05) is 23.2 Å². The number of amides is 1. The van der Waals surface area contributed by atoms with Gasteiger partial charge < -0.3 is 10.6 Å². The molecule has 2 N–H and O–H groups in total. The molecule has 98 valence electrons. The Kier molecular flexibility index (Phi) is 4.87. The largest absolute Gasteiger partial charge is 0.352 e. The zero-order valence-corrected chi connectivity index (χ0v) is 11.5. The fourth-order valence-corrected chi connectivity index (χ4v) is 2.49. The number of hydrogen-bond acceptors (Lipinski definition) is 2. The summed E-state index contributed by atoms with van der Waals surface area (Å²) in [7, 11) is 0. The predicted molar refractivity (Wildman–Crippen MR) is 74.4 cm³/mol. The number of rotatable bonds is 4. The quantitative estimate of drug-likeness (QED) is 0.894. The summed E-state index contributed by atoms with van der Waals surface area (Å²) in [6.07, 6.45) is 2.19. The van der Waals surface area contributed by atoms with Crippen molar-refractivity contribution in [2.45, 2.75) is 12.8 Å². The normalized spacial score (nSPS) is 18.9. The van der Waals surface area contributed by atoms with Gasteiger partial charge in [-0.05, 0) is 50.0 Å². The lowest BCUT2D eigenvalue weighted by Crippen LogP contribution is -2.26. The molecule has 0 aliphatic carbocycles. The first-order valence-electron chi connectivity index (χ1n) is 6.11. The van der Waals surface area contributed by atoms with Crippen LogP contribution in [0.4, 0.5) is 0 Å². The van der Waals surface area contributed by atoms with Crippen molar-refractivity contribution in [3.05, 3.63) is 33.8 Å². The first kappa shape index (κ1) is 13.7. The molecule has 1 saturated heterocycles. The number of halogens is 2. The summed E-state index contributed by atoms with van der Waals surface area (Å²) >= 11 is 11.8. The minimum atomic E-state index is -0.159. The fourth-order valence-electron chi connectivity index (χ4n) is 2.12. The lowest BCUT2D eigenvalue weighted by molar-refractivity contribution is 0.0952. The van der Waals surface area contributed by atoms with E-state index in [1.54, 1.807) is 18.2 Å². The molecule has 1 heterocycles. The van der Waals surface area contributed by atoms with Gasteiger partial charge in [0.15, 0.2) is 0 Å². The van der Waals surface area contributed by atoms with E-state index >= 15 is 0 Å². The molecule has 5 heteroatoms. The van der Waals surface area contributed by atoms with Crippen molar-refractivity contribution in [3.63, 3.8) is 0 Å². The Morgan fingerprint density at radius 3 is 3.00 bits per heavy atom. The van der Waals surface area contributed by atoms with E-state index in [1.807, 2.05) is 0 Å². The number of hydrogen-bond donors (Lipinski definition) is 2. The molecule has 0 aromatic heterocycles. The molecule has 1 unspecified atom stereocenters. The number of nitrogens with one attached hydrogen (secondary N) is 2. The average molecular weight is 287 g/mol. The van der Waals surface area contributed by atoms with Crippen molar-refractivity contribution in [1.29, 1.82) is 0 Å². The molecule has 0 saturated carbocycles. The topological polar surface area (TPSA) is 41.1 Å². The van der Waals surface area contributed by atoms with Gasteiger partial charge in [0.05, 0.1) is 10.6 Å². The van der Waals surface area contributed by atoms with E-state index < -0.39 is 0 Å². The Balaban J connectivity index is 1.85. The van der Waals surface area contributed by atoms with E-state index in [9.17, 15) is 4.79 Å². The fraction of sp³-hybridized carbons (Fsp3) is 0.462. The van der Waals surface area contributed by atoms with Crippen LogP contribution in [0, 0.1) is 5.92 Å². The Morgan fingerprint density at radius 1 is 1.44 bits per heavy atom. The van der Waals surface area contributed by atoms with Crippen molar-refractivity contribution in [2.75, 3.05) is 19.6 Å². The summed E-state index contributed by atoms with van der Waals surface area (Å²) < 4.78 is 0. The summed E-state index contributed by atoms with van der Waals surface area (Å²) in [4.78, 5) is 11.9. The molecule has 1 amide bonds. The monoisotopic (exact) mass is 286 g/mol. The molecule has 2 rings (SSSR count). The van der Waals surface area contributed by atoms with E-state index in [-0.39, 0.29) is 5.91 Å². The van der Waals surface area contributed by atoms with Crippen LogP contribution in [0.5, 0.6) is 0 Å². The maximum absolute atomic E-state index is 11.9. The lowest BCUT2D eigenvalue weighted by atomic mass is 10.1. The second-order valence-electron chi connectivity index (χ2n) is 4.53. The van der Waals surface area contributed by atoms with Crippen LogP contribution in [0.3, 0.4) is 0 Å². The highest BCUT2D eigenvalue weighted by molar-refractivity contribution is 6.35. The lowest BCUT2D eigenvalue weighted by Gasteiger charge is -2.10. The van der Waals surface area contributed by atoms with Crippen molar-refractivity contribution in [3.8, 4) is 0 Å². The molecule has 1 aromatic rings. The molecule has 1 aliphatic rings. The molecule has 1 fully saturated rings. The number of carbonyl (C=O) groups excluding carboxylic acids is 1. The van der Waals surface area contributed by atoms with Gasteiger partial charge in [0.1, 0.15) is 0 Å². The van der Waals surface area contributed by atoms with E-state index in [1.165, 1.54) is 6.42 Å². The van der Waals surface area contributed by atoms with Crippen molar-refractivity contribution < 1.29 is 4.79 Å². The Bertz CT molecular complexity index is 431. The molecule has 1 aromatic carbocycles. The maximum Gasteiger partial charge on any atom is 0.252 e. The zero-order chi connectivity index (χ0) is 13.0. The Morgan fingerprint density at radius 2 is 2.28 bits per heavy atom. The number of benzene rings is 1. The molecule has 1 atom stereocenters. The van der Waals surface area contributed by atoms with Gasteiger partial charge in [-0.2, -0.15) is 0 Å². The van der Waals surface area contributed by atoms with Crippen molar-refractivity contribution >= 4 is 29.1 Å². The molecule has 18 heavy (non-hydrogen) atoms. The predicted octanol–water partition coefficient (Wildman–Crippen LogP) is 2.72. The van der Waals surface area contributed by atoms with Crippen molar-refractivity contribution in [1.82, 2.24) is 10.6 Å². The van der Waals surface area contributed by atoms with Gasteiger partial charge in [-0.15, -0.1) is 0 Å². The van der Waals surface area contributed by atoms with Gasteiger partial charge in [-0.25, -0.2) is 0 Å². The highest BCUT2D eigenvalue weighted by atomic mass is 35.5. The Hall–Kier alpha value is -0.770. The third-order valence-electron chi connectivity index (χ3n) is 3.17. The zero-order valence-electron chi connectivity index (χ0n) is 10.0. The summed E-state index contributed by atoms with van der Waals surface area (Å²) in [5.74, 6) is 0.508. The first-order chi connectivity index (χ1) is 8.66. The number of carbonyl (C=O) groups is 1. The van der Waals surface area contributed by atoms with Gasteiger partial charge >= 0.3 is 0 Å². The standard InChI is InChI=1S/C13H16Cl2N2O/c14-10-1-2-12(15)11(7-10)13(18)17-6-4-9-3-5-16-8-9/h1-2,7,9,16H,3-6,8H2,(H,17,18). The van der Waals surface area contributed by atoms with Crippen LogP contribution >= 0.6 is 23.2 Å². The minimum absolute atomic E-state index is 0.159. The average Bonchev–Trinajstić information content (AvgIpc) is 2.85. The molecule has 3 nitrogen and oxygen atoms in total. The highest BCUT2D eigenvalue weighted by Gasteiger charge is 2.15. The van der Waals surface area contributed by atoms with Crippen LogP contribution in [0.25, 0.3) is 0 Å². The van der Waals surface area contributed by atoms with E-state index in [0.29, 0.717) is 28.1 Å². The summed E-state index contributed by atoms with van der Waals surface area (Å²) in [5.41, 5.74) is 0.439. The third kappa shape index (κ3) is 3.61. The van der Waals surface area contributed by atoms with Crippen LogP contribution in [0.15, 0.2) is 18.2 Å². The van der Waals surface area contributed by atoms with E-state index in [4.69, 9.17) is 23.2 Å². The summed E-state index contributed by atoms with van der Waals surface area (Å²) in [5, 5.41) is 7.14. The van der Waals surface area contributed by atoms with E-state index in [0.717, 1.165) is 19.5 Å². The second-order valence-corrected chi connectivity index (χ2v) is 5.37. The molecular weight excluding hydrogens is 271 g/mol. The van der Waals surface area contributed by atoms with Gasteiger partial charge in [0.2, 0.25) is 0 Å². The SMILES string of the molecule is O=C(NCCC1CCNC1)c1cc(Cl)ccc1Cl. The van der Waals surface area contributed by atoms with Crippen LogP contribution in [-0.4, -0.2) is 25.5 Å². The molecular formula is C13H16Cl2N2O. The maximum atomic E-state index is 11.9. The highest BCUT2D eigenvalue weighted by Crippen LogP contribution is 2.20.